The molecule has 0 bridgehead atoms. The molecule has 2 saturated heterocycles. The molecule has 2 heterocycles. The number of likely N-dealkylation sites (tertiary alicyclic amines) is 1. The number of rotatable bonds is 5. The standard InChI is InChI=1S/C19H26N4O4/c1-15(24)22-11-10-21(14-18(22)13-20-8-2-3-9-20)19(25)12-16-4-6-17(7-5-16)23(26)27/h4-7,18H,2-3,8-14H2,1H3. The summed E-state index contributed by atoms with van der Waals surface area (Å²) in [4.78, 5) is 41.1. The maximum absolute atomic E-state index is 12.7. The van der Waals surface area contributed by atoms with Crippen molar-refractivity contribution in [3.63, 3.8) is 0 Å². The molecule has 0 spiro atoms. The van der Waals surface area contributed by atoms with Gasteiger partial charge in [-0.05, 0) is 31.5 Å². The van der Waals surface area contributed by atoms with Crippen LogP contribution in [0.25, 0.3) is 0 Å². The smallest absolute Gasteiger partial charge is 0.269 e. The highest BCUT2D eigenvalue weighted by molar-refractivity contribution is 5.80. The van der Waals surface area contributed by atoms with Crippen molar-refractivity contribution < 1.29 is 14.5 Å². The molecule has 1 aromatic rings. The zero-order chi connectivity index (χ0) is 19.4. The molecule has 0 aliphatic carbocycles. The van der Waals surface area contributed by atoms with Crippen LogP contribution in [0.5, 0.6) is 0 Å². The zero-order valence-electron chi connectivity index (χ0n) is 15.7. The van der Waals surface area contributed by atoms with Crippen molar-refractivity contribution in [1.29, 1.82) is 0 Å². The Bertz CT molecular complexity index is 700. The number of nitro groups is 1. The van der Waals surface area contributed by atoms with E-state index in [0.29, 0.717) is 19.6 Å². The van der Waals surface area contributed by atoms with Crippen molar-refractivity contribution in [2.45, 2.75) is 32.2 Å². The lowest BCUT2D eigenvalue weighted by molar-refractivity contribution is -0.384. The minimum atomic E-state index is -0.449. The molecule has 2 fully saturated rings. The van der Waals surface area contributed by atoms with E-state index >= 15 is 0 Å². The number of hydrogen-bond acceptors (Lipinski definition) is 5. The molecule has 2 aliphatic rings. The van der Waals surface area contributed by atoms with Crippen molar-refractivity contribution in [1.82, 2.24) is 14.7 Å². The van der Waals surface area contributed by atoms with Crippen LogP contribution in [0, 0.1) is 10.1 Å². The number of nitro benzene ring substituents is 1. The topological polar surface area (TPSA) is 87.0 Å². The Hall–Kier alpha value is -2.48. The highest BCUT2D eigenvalue weighted by Gasteiger charge is 2.32. The minimum Gasteiger partial charge on any atom is -0.339 e. The summed E-state index contributed by atoms with van der Waals surface area (Å²) in [6.45, 7) is 6.13. The fraction of sp³-hybridized carbons (Fsp3) is 0.579. The number of benzene rings is 1. The van der Waals surface area contributed by atoms with Gasteiger partial charge in [-0.2, -0.15) is 0 Å². The molecule has 8 heteroatoms. The molecule has 146 valence electrons. The molecule has 1 aromatic carbocycles. The van der Waals surface area contributed by atoms with Gasteiger partial charge in [0.1, 0.15) is 0 Å². The van der Waals surface area contributed by atoms with Gasteiger partial charge in [0.25, 0.3) is 5.69 Å². The first-order chi connectivity index (χ1) is 12.9. The summed E-state index contributed by atoms with van der Waals surface area (Å²) in [7, 11) is 0. The number of nitrogens with zero attached hydrogens (tertiary/aromatic N) is 4. The Morgan fingerprint density at radius 3 is 2.37 bits per heavy atom. The fourth-order valence-electron chi connectivity index (χ4n) is 3.94. The number of non-ortho nitro benzene ring substituents is 1. The first kappa shape index (κ1) is 19.3. The van der Waals surface area contributed by atoms with Crippen molar-refractivity contribution in [3.05, 3.63) is 39.9 Å². The second kappa shape index (κ2) is 8.47. The Balaban J connectivity index is 1.62. The molecule has 3 rings (SSSR count). The number of piperazine rings is 1. The van der Waals surface area contributed by atoms with Gasteiger partial charge in [-0.1, -0.05) is 12.1 Å². The molecule has 27 heavy (non-hydrogen) atoms. The highest BCUT2D eigenvalue weighted by atomic mass is 16.6. The summed E-state index contributed by atoms with van der Waals surface area (Å²) in [5.41, 5.74) is 0.780. The van der Waals surface area contributed by atoms with Gasteiger partial charge in [-0.25, -0.2) is 0 Å². The van der Waals surface area contributed by atoms with E-state index in [9.17, 15) is 19.7 Å². The van der Waals surface area contributed by atoms with Gasteiger partial charge in [-0.3, -0.25) is 19.7 Å². The first-order valence-electron chi connectivity index (χ1n) is 9.44. The largest absolute Gasteiger partial charge is 0.339 e. The second-order valence-corrected chi connectivity index (χ2v) is 7.31. The third-order valence-corrected chi connectivity index (χ3v) is 5.41. The van der Waals surface area contributed by atoms with Crippen LogP contribution in [0.1, 0.15) is 25.3 Å². The van der Waals surface area contributed by atoms with Gasteiger partial charge in [0.05, 0.1) is 17.4 Å². The summed E-state index contributed by atoms with van der Waals surface area (Å²) < 4.78 is 0. The normalized spacial score (nSPS) is 20.7. The minimum absolute atomic E-state index is 0.00141. The lowest BCUT2D eigenvalue weighted by Gasteiger charge is -2.42. The van der Waals surface area contributed by atoms with E-state index in [1.165, 1.54) is 25.0 Å². The van der Waals surface area contributed by atoms with E-state index < -0.39 is 4.92 Å². The maximum Gasteiger partial charge on any atom is 0.269 e. The van der Waals surface area contributed by atoms with E-state index in [1.807, 2.05) is 9.80 Å². The van der Waals surface area contributed by atoms with Gasteiger partial charge in [0.15, 0.2) is 0 Å². The molecule has 2 amide bonds. The molecular formula is C19H26N4O4. The number of carbonyl (C=O) groups is 2. The number of hydrogen-bond donors (Lipinski definition) is 0. The highest BCUT2D eigenvalue weighted by Crippen LogP contribution is 2.17. The number of carbonyl (C=O) groups excluding carboxylic acids is 2. The zero-order valence-corrected chi connectivity index (χ0v) is 15.7. The quantitative estimate of drug-likeness (QED) is 0.573. The van der Waals surface area contributed by atoms with E-state index in [4.69, 9.17) is 0 Å². The number of amides is 2. The Kier molecular flexibility index (Phi) is 6.05. The van der Waals surface area contributed by atoms with Gasteiger partial charge in [0.2, 0.25) is 11.8 Å². The summed E-state index contributed by atoms with van der Waals surface area (Å²) in [5, 5.41) is 10.7. The first-order valence-corrected chi connectivity index (χ1v) is 9.44. The molecule has 1 atom stereocenters. The van der Waals surface area contributed by atoms with Gasteiger partial charge in [-0.15, -0.1) is 0 Å². The van der Waals surface area contributed by atoms with Crippen LogP contribution >= 0.6 is 0 Å². The van der Waals surface area contributed by atoms with Crippen LogP contribution in [0.2, 0.25) is 0 Å². The van der Waals surface area contributed by atoms with Crippen LogP contribution < -0.4 is 0 Å². The lowest BCUT2D eigenvalue weighted by Crippen LogP contribution is -2.59. The third kappa shape index (κ3) is 4.82. The van der Waals surface area contributed by atoms with Gasteiger partial charge >= 0.3 is 0 Å². The molecule has 0 N–H and O–H groups in total. The predicted octanol–water partition coefficient (Wildman–Crippen LogP) is 1.29. The fourth-order valence-corrected chi connectivity index (χ4v) is 3.94. The van der Waals surface area contributed by atoms with Crippen LogP contribution in [-0.2, 0) is 16.0 Å². The Morgan fingerprint density at radius 2 is 1.78 bits per heavy atom. The van der Waals surface area contributed by atoms with E-state index in [0.717, 1.165) is 25.2 Å². The van der Waals surface area contributed by atoms with Crippen molar-refractivity contribution in [2.24, 2.45) is 0 Å². The van der Waals surface area contributed by atoms with E-state index in [1.54, 1.807) is 19.1 Å². The monoisotopic (exact) mass is 374 g/mol. The molecular weight excluding hydrogens is 348 g/mol. The summed E-state index contributed by atoms with van der Waals surface area (Å²) in [5.74, 6) is 0.0557. The molecule has 0 saturated carbocycles. The summed E-state index contributed by atoms with van der Waals surface area (Å²) >= 11 is 0. The summed E-state index contributed by atoms with van der Waals surface area (Å²) in [6.07, 6.45) is 2.60. The van der Waals surface area contributed by atoms with E-state index in [2.05, 4.69) is 4.90 Å². The van der Waals surface area contributed by atoms with Crippen LogP contribution in [-0.4, -0.2) is 76.7 Å². The Morgan fingerprint density at radius 1 is 1.11 bits per heavy atom. The third-order valence-electron chi connectivity index (χ3n) is 5.41. The lowest BCUT2D eigenvalue weighted by atomic mass is 10.1. The SMILES string of the molecule is CC(=O)N1CCN(C(=O)Cc2ccc([N+](=O)[O-])cc2)CC1CN1CCCC1. The molecule has 0 aromatic heterocycles. The molecule has 2 aliphatic heterocycles. The van der Waals surface area contributed by atoms with Crippen molar-refractivity contribution >= 4 is 17.5 Å². The average Bonchev–Trinajstić information content (AvgIpc) is 3.15. The average molecular weight is 374 g/mol. The molecule has 1 unspecified atom stereocenters. The molecule has 8 nitrogen and oxygen atoms in total. The van der Waals surface area contributed by atoms with Crippen LogP contribution in [0.3, 0.4) is 0 Å². The predicted molar refractivity (Wildman–Crippen MR) is 100 cm³/mol. The van der Waals surface area contributed by atoms with E-state index in [-0.39, 0.29) is 30.0 Å². The van der Waals surface area contributed by atoms with Crippen molar-refractivity contribution in [2.75, 3.05) is 39.3 Å². The Labute approximate surface area is 158 Å². The van der Waals surface area contributed by atoms with Gasteiger partial charge < -0.3 is 14.7 Å². The van der Waals surface area contributed by atoms with Crippen LogP contribution in [0.4, 0.5) is 5.69 Å². The molecule has 0 radical (unpaired) electrons. The maximum atomic E-state index is 12.7. The second-order valence-electron chi connectivity index (χ2n) is 7.31. The van der Waals surface area contributed by atoms with Crippen LogP contribution in [0.15, 0.2) is 24.3 Å². The van der Waals surface area contributed by atoms with Crippen molar-refractivity contribution in [3.8, 4) is 0 Å². The van der Waals surface area contributed by atoms with Gasteiger partial charge in [0, 0.05) is 45.2 Å². The summed E-state index contributed by atoms with van der Waals surface area (Å²) in [6, 6.07) is 6.13.